The molecule has 2 aromatic rings. The van der Waals surface area contributed by atoms with Gasteiger partial charge in [0.1, 0.15) is 17.3 Å². The second-order valence-electron chi connectivity index (χ2n) is 4.71. The van der Waals surface area contributed by atoms with Gasteiger partial charge >= 0.3 is 0 Å². The summed E-state index contributed by atoms with van der Waals surface area (Å²) in [5.41, 5.74) is 1.00. The molecule has 18 heavy (non-hydrogen) atoms. The van der Waals surface area contributed by atoms with Crippen LogP contribution in [0.5, 0.6) is 0 Å². The zero-order valence-corrected chi connectivity index (χ0v) is 10.2. The maximum atomic E-state index is 8.99. The Bertz CT molecular complexity index is 622. The lowest BCUT2D eigenvalue weighted by molar-refractivity contribution is 0.368. The summed E-state index contributed by atoms with van der Waals surface area (Å²) in [7, 11) is 0. The van der Waals surface area contributed by atoms with Crippen LogP contribution < -0.4 is 0 Å². The Morgan fingerprint density at radius 2 is 2.17 bits per heavy atom. The van der Waals surface area contributed by atoms with Crippen molar-refractivity contribution in [3.63, 3.8) is 0 Å². The minimum absolute atomic E-state index is 0.342. The van der Waals surface area contributed by atoms with Gasteiger partial charge in [0.05, 0.1) is 6.42 Å². The molecule has 0 bridgehead atoms. The van der Waals surface area contributed by atoms with E-state index in [-0.39, 0.29) is 0 Å². The van der Waals surface area contributed by atoms with Crippen molar-refractivity contribution in [3.05, 3.63) is 28.7 Å². The third-order valence-electron chi connectivity index (χ3n) is 3.29. The Morgan fingerprint density at radius 1 is 1.39 bits per heavy atom. The van der Waals surface area contributed by atoms with E-state index < -0.39 is 0 Å². The number of rotatable bonds is 3. The Labute approximate surface area is 104 Å². The number of aryl methyl sites for hydroxylation is 1. The molecule has 2 unspecified atom stereocenters. The van der Waals surface area contributed by atoms with Gasteiger partial charge in [-0.2, -0.15) is 10.2 Å². The zero-order valence-electron chi connectivity index (χ0n) is 10.2. The van der Waals surface area contributed by atoms with Crippen molar-refractivity contribution in [1.82, 2.24) is 15.3 Å². The Morgan fingerprint density at radius 3 is 2.83 bits per heavy atom. The average Bonchev–Trinajstić information content (AvgIpc) is 2.76. The van der Waals surface area contributed by atoms with Crippen LogP contribution in [0.2, 0.25) is 0 Å². The summed E-state index contributed by atoms with van der Waals surface area (Å²) in [6.45, 7) is 3.87. The first kappa shape index (κ1) is 11.0. The summed E-state index contributed by atoms with van der Waals surface area (Å²) in [6, 6.07) is 2.07. The van der Waals surface area contributed by atoms with Crippen LogP contribution in [0.3, 0.4) is 0 Å². The van der Waals surface area contributed by atoms with Gasteiger partial charge in [-0.05, 0) is 19.3 Å². The van der Waals surface area contributed by atoms with Crippen molar-refractivity contribution >= 4 is 0 Å². The number of nitriles is 1. The molecule has 0 aliphatic heterocycles. The highest BCUT2D eigenvalue weighted by Crippen LogP contribution is 2.45. The van der Waals surface area contributed by atoms with Crippen molar-refractivity contribution in [2.75, 3.05) is 0 Å². The molecule has 2 aromatic heterocycles. The van der Waals surface area contributed by atoms with Gasteiger partial charge in [-0.15, -0.1) is 0 Å². The van der Waals surface area contributed by atoms with Crippen molar-refractivity contribution < 1.29 is 9.05 Å². The Kier molecular flexibility index (Phi) is 2.40. The first-order valence-corrected chi connectivity index (χ1v) is 5.86. The van der Waals surface area contributed by atoms with E-state index in [4.69, 9.17) is 14.3 Å². The van der Waals surface area contributed by atoms with Crippen LogP contribution in [0.15, 0.2) is 9.05 Å². The lowest BCUT2D eigenvalue weighted by Gasteiger charge is -1.88. The minimum Gasteiger partial charge on any atom is -0.360 e. The Balaban J connectivity index is 1.80. The van der Waals surface area contributed by atoms with Crippen LogP contribution in [0.1, 0.15) is 48.0 Å². The first-order valence-electron chi connectivity index (χ1n) is 5.86. The van der Waals surface area contributed by atoms with E-state index in [1.807, 2.05) is 0 Å². The third-order valence-corrected chi connectivity index (χ3v) is 3.29. The van der Waals surface area contributed by atoms with E-state index in [0.29, 0.717) is 41.2 Å². The number of hydrogen-bond donors (Lipinski definition) is 0. The molecule has 0 amide bonds. The highest BCUT2D eigenvalue weighted by molar-refractivity contribution is 5.36. The van der Waals surface area contributed by atoms with E-state index in [1.54, 1.807) is 6.92 Å². The second-order valence-corrected chi connectivity index (χ2v) is 4.71. The van der Waals surface area contributed by atoms with Crippen LogP contribution in [0.4, 0.5) is 0 Å². The molecule has 3 rings (SSSR count). The van der Waals surface area contributed by atoms with Crippen molar-refractivity contribution in [3.8, 4) is 6.07 Å². The van der Waals surface area contributed by atoms with Gasteiger partial charge in [0.15, 0.2) is 11.6 Å². The lowest BCUT2D eigenvalue weighted by atomic mass is 10.2. The molecule has 1 saturated carbocycles. The van der Waals surface area contributed by atoms with E-state index in [1.165, 1.54) is 0 Å². The molecule has 1 aliphatic carbocycles. The van der Waals surface area contributed by atoms with Gasteiger partial charge in [-0.1, -0.05) is 17.2 Å². The maximum absolute atomic E-state index is 8.99. The van der Waals surface area contributed by atoms with Gasteiger partial charge in [0.25, 0.3) is 0 Å². The smallest absolute Gasteiger partial charge is 0.232 e. The molecule has 1 fully saturated rings. The fraction of sp³-hybridized carbons (Fsp3) is 0.500. The standard InChI is InChI=1S/C12H12N4O2/c1-6-3-8(6)12-14-11(18-16-12)4-10-9(5-13)7(2)17-15-10/h6,8H,3-4H2,1-2H3. The number of nitrogens with zero attached hydrogens (tertiary/aromatic N) is 4. The van der Waals surface area contributed by atoms with Gasteiger partial charge in [-0.25, -0.2) is 0 Å². The summed E-state index contributed by atoms with van der Waals surface area (Å²) >= 11 is 0. The highest BCUT2D eigenvalue weighted by Gasteiger charge is 2.38. The molecule has 6 nitrogen and oxygen atoms in total. The summed E-state index contributed by atoms with van der Waals surface area (Å²) in [5, 5.41) is 16.8. The summed E-state index contributed by atoms with van der Waals surface area (Å²) in [4.78, 5) is 4.33. The maximum Gasteiger partial charge on any atom is 0.232 e. The predicted octanol–water partition coefficient (Wildman–Crippen LogP) is 1.95. The normalized spacial score (nSPS) is 21.8. The first-order chi connectivity index (χ1) is 8.69. The topological polar surface area (TPSA) is 88.7 Å². The molecule has 92 valence electrons. The molecule has 0 radical (unpaired) electrons. The quantitative estimate of drug-likeness (QED) is 0.819. The van der Waals surface area contributed by atoms with Crippen LogP contribution >= 0.6 is 0 Å². The second kappa shape index (κ2) is 3.95. The molecule has 0 saturated heterocycles. The molecular formula is C12H12N4O2. The average molecular weight is 244 g/mol. The largest absolute Gasteiger partial charge is 0.360 e. The molecular weight excluding hydrogens is 232 g/mol. The van der Waals surface area contributed by atoms with Crippen molar-refractivity contribution in [2.45, 2.75) is 32.6 Å². The third kappa shape index (κ3) is 1.78. The zero-order chi connectivity index (χ0) is 12.7. The van der Waals surface area contributed by atoms with Crippen LogP contribution in [0.25, 0.3) is 0 Å². The Hall–Kier alpha value is -2.16. The van der Waals surface area contributed by atoms with Crippen molar-refractivity contribution in [1.29, 1.82) is 5.26 Å². The molecule has 2 atom stereocenters. The molecule has 6 heteroatoms. The minimum atomic E-state index is 0.342. The molecule has 0 aromatic carbocycles. The van der Waals surface area contributed by atoms with Gasteiger partial charge < -0.3 is 9.05 Å². The monoisotopic (exact) mass is 244 g/mol. The SMILES string of the molecule is Cc1onc(Cc2nc(C3CC3C)no2)c1C#N. The van der Waals surface area contributed by atoms with Gasteiger partial charge in [0.2, 0.25) is 5.89 Å². The van der Waals surface area contributed by atoms with Crippen molar-refractivity contribution in [2.24, 2.45) is 5.92 Å². The summed E-state index contributed by atoms with van der Waals surface area (Å²) in [6.07, 6.45) is 1.46. The van der Waals surface area contributed by atoms with E-state index >= 15 is 0 Å². The van der Waals surface area contributed by atoms with E-state index in [2.05, 4.69) is 28.3 Å². The molecule has 1 aliphatic rings. The number of hydrogen-bond acceptors (Lipinski definition) is 6. The van der Waals surface area contributed by atoms with E-state index in [0.717, 1.165) is 12.2 Å². The summed E-state index contributed by atoms with van der Waals surface area (Å²) in [5.74, 6) is 2.82. The van der Waals surface area contributed by atoms with Crippen LogP contribution in [0, 0.1) is 24.2 Å². The fourth-order valence-corrected chi connectivity index (χ4v) is 2.00. The van der Waals surface area contributed by atoms with E-state index in [9.17, 15) is 0 Å². The number of aromatic nitrogens is 3. The molecule has 2 heterocycles. The van der Waals surface area contributed by atoms with Gasteiger partial charge in [0, 0.05) is 5.92 Å². The molecule has 0 N–H and O–H groups in total. The highest BCUT2D eigenvalue weighted by atomic mass is 16.5. The van der Waals surface area contributed by atoms with Crippen LogP contribution in [-0.2, 0) is 6.42 Å². The fourth-order valence-electron chi connectivity index (χ4n) is 2.00. The molecule has 0 spiro atoms. The predicted molar refractivity (Wildman–Crippen MR) is 59.6 cm³/mol. The van der Waals surface area contributed by atoms with Crippen LogP contribution in [-0.4, -0.2) is 15.3 Å². The van der Waals surface area contributed by atoms with Gasteiger partial charge in [-0.3, -0.25) is 0 Å². The summed E-state index contributed by atoms with van der Waals surface area (Å²) < 4.78 is 10.2. The lowest BCUT2D eigenvalue weighted by Crippen LogP contribution is -1.93.